The molecular weight excluding hydrogens is 639 g/mol. The summed E-state index contributed by atoms with van der Waals surface area (Å²) in [6.07, 6.45) is 0. The minimum atomic E-state index is -1.65. The van der Waals surface area contributed by atoms with Crippen LogP contribution in [0.3, 0.4) is 0 Å². The number of hydrogen-bond acceptors (Lipinski definition) is 4. The fraction of sp³-hybridized carbons (Fsp3) is 0.158. The van der Waals surface area contributed by atoms with Crippen LogP contribution >= 0.6 is 34.8 Å². The first kappa shape index (κ1) is 28.1. The number of hydroxylamine groups is 1. The van der Waals surface area contributed by atoms with Crippen molar-refractivity contribution in [3.63, 3.8) is 0 Å². The van der Waals surface area contributed by atoms with Crippen LogP contribution in [0.25, 0.3) is 0 Å². The summed E-state index contributed by atoms with van der Waals surface area (Å²) < 4.78 is 0. The molecule has 8 heteroatoms. The van der Waals surface area contributed by atoms with Gasteiger partial charge in [-0.2, -0.15) is 0 Å². The van der Waals surface area contributed by atoms with Crippen LogP contribution in [0.4, 0.5) is 11.4 Å². The molecule has 2 saturated heterocycles. The molecule has 5 aromatic rings. The number of carbonyl (C=O) groups is 2. The average Bonchev–Trinajstić information content (AvgIpc) is 3.50. The summed E-state index contributed by atoms with van der Waals surface area (Å²) in [7, 11) is 0. The first-order valence-corrected chi connectivity index (χ1v) is 16.2. The van der Waals surface area contributed by atoms with Gasteiger partial charge in [0.2, 0.25) is 11.5 Å². The molecule has 2 fully saturated rings. The van der Waals surface area contributed by atoms with E-state index in [0.29, 0.717) is 32.0 Å². The van der Waals surface area contributed by atoms with Crippen molar-refractivity contribution in [2.45, 2.75) is 30.4 Å². The Hall–Kier alpha value is -4.13. The summed E-state index contributed by atoms with van der Waals surface area (Å²) in [4.78, 5) is 39.8. The highest BCUT2D eigenvalue weighted by molar-refractivity contribution is 6.36. The number of hydrogen-bond donors (Lipinski definition) is 0. The lowest BCUT2D eigenvalue weighted by molar-refractivity contribution is -0.153. The van der Waals surface area contributed by atoms with Crippen LogP contribution in [0.1, 0.15) is 51.3 Å². The standard InChI is InChI=1S/C38H25Cl3N2O3/c1-21-15-17-24(20-30(21)40)42-35(44)37-32-25-11-5-7-13-27(25)33(28-14-8-6-12-26(28)32)38(37,36(42)45)46-43(23-9-3-2-4-10-23)34(37)29-18-16-22(39)19-31(29)41/h2-20,32-34H,1H3. The van der Waals surface area contributed by atoms with Gasteiger partial charge in [-0.05, 0) is 76.7 Å². The van der Waals surface area contributed by atoms with Crippen LogP contribution in [-0.4, -0.2) is 17.4 Å². The molecule has 226 valence electrons. The van der Waals surface area contributed by atoms with Crippen LogP contribution in [-0.2, 0) is 14.4 Å². The van der Waals surface area contributed by atoms with Gasteiger partial charge in [0.15, 0.2) is 0 Å². The third kappa shape index (κ3) is 3.26. The molecule has 5 aliphatic rings. The Labute approximate surface area is 280 Å². The Kier molecular flexibility index (Phi) is 5.93. The monoisotopic (exact) mass is 662 g/mol. The number of benzene rings is 5. The van der Waals surface area contributed by atoms with Gasteiger partial charge in [-0.25, -0.2) is 9.96 Å². The van der Waals surface area contributed by atoms with Gasteiger partial charge in [0.05, 0.1) is 17.3 Å². The summed E-state index contributed by atoms with van der Waals surface area (Å²) in [5, 5.41) is 3.06. The molecule has 0 aromatic heterocycles. The number of rotatable bonds is 3. The van der Waals surface area contributed by atoms with Crippen molar-refractivity contribution < 1.29 is 14.4 Å². The summed E-state index contributed by atoms with van der Waals surface area (Å²) in [5.41, 5.74) is 3.42. The van der Waals surface area contributed by atoms with Gasteiger partial charge in [-0.15, -0.1) is 0 Å². The molecule has 3 aliphatic carbocycles. The van der Waals surface area contributed by atoms with Crippen molar-refractivity contribution >= 4 is 58.0 Å². The SMILES string of the molecule is Cc1ccc(N2C(=O)C34ON(c5ccccc5)C(c5ccc(Cl)cc5Cl)C3(C2=O)C2c3ccccc3C4c3ccccc32)cc1Cl. The Morgan fingerprint density at radius 1 is 0.609 bits per heavy atom. The fourth-order valence-corrected chi connectivity index (χ4v) is 9.37. The lowest BCUT2D eigenvalue weighted by Gasteiger charge is -2.55. The number of aryl methyl sites for hydroxylation is 1. The van der Waals surface area contributed by atoms with Gasteiger partial charge in [-0.3, -0.25) is 14.4 Å². The highest BCUT2D eigenvalue weighted by atomic mass is 35.5. The first-order chi connectivity index (χ1) is 22.3. The van der Waals surface area contributed by atoms with E-state index >= 15 is 9.59 Å². The summed E-state index contributed by atoms with van der Waals surface area (Å²) in [5.74, 6) is -1.91. The number of halogens is 3. The molecule has 5 aromatic carbocycles. The van der Waals surface area contributed by atoms with E-state index in [1.165, 1.54) is 4.90 Å². The molecule has 5 nitrogen and oxygen atoms in total. The Morgan fingerprint density at radius 3 is 1.83 bits per heavy atom. The number of para-hydroxylation sites is 1. The van der Waals surface area contributed by atoms with E-state index in [4.69, 9.17) is 39.6 Å². The van der Waals surface area contributed by atoms with E-state index in [-0.39, 0.29) is 5.91 Å². The van der Waals surface area contributed by atoms with Crippen molar-refractivity contribution in [2.75, 3.05) is 9.96 Å². The lowest BCUT2D eigenvalue weighted by Crippen LogP contribution is -2.63. The quantitative estimate of drug-likeness (QED) is 0.181. The van der Waals surface area contributed by atoms with Gasteiger partial charge in [0, 0.05) is 21.0 Å². The molecule has 2 amide bonds. The van der Waals surface area contributed by atoms with E-state index in [0.717, 1.165) is 27.8 Å². The highest BCUT2D eigenvalue weighted by Gasteiger charge is 2.88. The lowest BCUT2D eigenvalue weighted by atomic mass is 9.43. The average molecular weight is 664 g/mol. The van der Waals surface area contributed by atoms with E-state index in [2.05, 4.69) is 24.3 Å². The van der Waals surface area contributed by atoms with Gasteiger partial charge in [0.1, 0.15) is 11.5 Å². The summed E-state index contributed by atoms with van der Waals surface area (Å²) in [6.45, 7) is 1.89. The van der Waals surface area contributed by atoms with Gasteiger partial charge in [-0.1, -0.05) is 114 Å². The van der Waals surface area contributed by atoms with Crippen molar-refractivity contribution in [3.8, 4) is 0 Å². The van der Waals surface area contributed by atoms with Crippen LogP contribution in [0.5, 0.6) is 0 Å². The second kappa shape index (κ2) is 9.69. The highest BCUT2D eigenvalue weighted by Crippen LogP contribution is 2.78. The Morgan fingerprint density at radius 2 is 1.22 bits per heavy atom. The molecule has 3 unspecified atom stereocenters. The normalized spacial score (nSPS) is 27.0. The predicted molar refractivity (Wildman–Crippen MR) is 180 cm³/mol. The maximum absolute atomic E-state index is 15.8. The smallest absolute Gasteiger partial charge is 0.271 e. The zero-order valence-corrected chi connectivity index (χ0v) is 26.7. The van der Waals surface area contributed by atoms with E-state index < -0.39 is 34.8 Å². The number of imide groups is 1. The summed E-state index contributed by atoms with van der Waals surface area (Å²) >= 11 is 20.1. The number of nitrogens with zero attached hydrogens (tertiary/aromatic N) is 2. The molecule has 2 bridgehead atoms. The van der Waals surface area contributed by atoms with Crippen LogP contribution in [0, 0.1) is 12.3 Å². The maximum Gasteiger partial charge on any atom is 0.271 e. The van der Waals surface area contributed by atoms with Gasteiger partial charge < -0.3 is 0 Å². The van der Waals surface area contributed by atoms with E-state index in [9.17, 15) is 0 Å². The van der Waals surface area contributed by atoms with E-state index in [1.807, 2.05) is 73.7 Å². The third-order valence-electron chi connectivity index (χ3n) is 10.4. The van der Waals surface area contributed by atoms with Crippen LogP contribution < -0.4 is 9.96 Å². The number of amides is 2. The van der Waals surface area contributed by atoms with Crippen molar-refractivity contribution in [1.82, 2.24) is 0 Å². The molecule has 0 saturated carbocycles. The molecule has 3 atom stereocenters. The minimum absolute atomic E-state index is 0.356. The molecule has 2 aliphatic heterocycles. The van der Waals surface area contributed by atoms with Gasteiger partial charge >= 0.3 is 0 Å². The van der Waals surface area contributed by atoms with Gasteiger partial charge in [0.25, 0.3) is 5.91 Å². The van der Waals surface area contributed by atoms with Crippen molar-refractivity contribution in [1.29, 1.82) is 0 Å². The second-order valence-electron chi connectivity index (χ2n) is 12.4. The summed E-state index contributed by atoms with van der Waals surface area (Å²) in [6, 6.07) is 35.6. The molecular formula is C38H25Cl3N2O3. The van der Waals surface area contributed by atoms with Crippen LogP contribution in [0.15, 0.2) is 115 Å². The van der Waals surface area contributed by atoms with Crippen molar-refractivity contribution in [3.05, 3.63) is 164 Å². The Bertz CT molecular complexity index is 2090. The number of anilines is 2. The second-order valence-corrected chi connectivity index (χ2v) is 13.7. The Balaban J connectivity index is 1.44. The maximum atomic E-state index is 15.8. The minimum Gasteiger partial charge on any atom is -0.273 e. The molecule has 0 spiro atoms. The first-order valence-electron chi connectivity index (χ1n) is 15.1. The van der Waals surface area contributed by atoms with E-state index in [1.54, 1.807) is 29.3 Å². The third-order valence-corrected chi connectivity index (χ3v) is 11.3. The fourth-order valence-electron chi connectivity index (χ4n) is 8.68. The largest absolute Gasteiger partial charge is 0.273 e. The topological polar surface area (TPSA) is 49.9 Å². The molecule has 0 N–H and O–H groups in total. The molecule has 0 radical (unpaired) electrons. The molecule has 2 heterocycles. The number of carbonyl (C=O) groups excluding carboxylic acids is 2. The zero-order valence-electron chi connectivity index (χ0n) is 24.5. The zero-order chi connectivity index (χ0) is 31.5. The predicted octanol–water partition coefficient (Wildman–Crippen LogP) is 9.04. The molecule has 46 heavy (non-hydrogen) atoms. The molecule has 10 rings (SSSR count). The van der Waals surface area contributed by atoms with Crippen LogP contribution in [0.2, 0.25) is 15.1 Å². The van der Waals surface area contributed by atoms with Crippen molar-refractivity contribution in [2.24, 2.45) is 5.41 Å².